The van der Waals surface area contributed by atoms with E-state index in [1.165, 1.54) is 14.2 Å². The number of nitrogens with one attached hydrogen (secondary N) is 2. The number of ether oxygens (including phenoxy) is 3. The molecule has 0 saturated heterocycles. The average molecular weight is 456 g/mol. The van der Waals surface area contributed by atoms with E-state index < -0.39 is 36.2 Å². The molecule has 0 saturated carbocycles. The van der Waals surface area contributed by atoms with E-state index in [1.807, 2.05) is 48.5 Å². The second kappa shape index (κ2) is 10.9. The van der Waals surface area contributed by atoms with Crippen molar-refractivity contribution in [2.75, 3.05) is 27.4 Å². The van der Waals surface area contributed by atoms with E-state index in [2.05, 4.69) is 10.6 Å². The number of amides is 2. The molecule has 2 amide bonds. The molecule has 1 aliphatic carbocycles. The maximum atomic E-state index is 12.7. The van der Waals surface area contributed by atoms with E-state index in [-0.39, 0.29) is 19.1 Å². The highest BCUT2D eigenvalue weighted by atomic mass is 16.5. The van der Waals surface area contributed by atoms with E-state index in [0.29, 0.717) is 0 Å². The predicted molar refractivity (Wildman–Crippen MR) is 120 cm³/mol. The van der Waals surface area contributed by atoms with Crippen LogP contribution in [-0.2, 0) is 23.8 Å². The molecule has 3 N–H and O–H groups in total. The summed E-state index contributed by atoms with van der Waals surface area (Å²) >= 11 is 0. The molecular formula is C24H28N2O7. The van der Waals surface area contributed by atoms with Crippen LogP contribution in [0.5, 0.6) is 0 Å². The van der Waals surface area contributed by atoms with Crippen LogP contribution in [0.3, 0.4) is 0 Å². The van der Waals surface area contributed by atoms with Crippen LogP contribution in [0.15, 0.2) is 48.5 Å². The third kappa shape index (κ3) is 5.50. The van der Waals surface area contributed by atoms with Gasteiger partial charge in [-0.25, -0.2) is 9.59 Å². The maximum Gasteiger partial charge on any atom is 0.407 e. The first-order chi connectivity index (χ1) is 15.9. The number of aliphatic carboxylic acids is 1. The Morgan fingerprint density at radius 3 is 2.06 bits per heavy atom. The summed E-state index contributed by atoms with van der Waals surface area (Å²) in [6.07, 6.45) is -1.54. The van der Waals surface area contributed by atoms with Gasteiger partial charge in [-0.05, 0) is 29.2 Å². The highest BCUT2D eigenvalue weighted by Crippen LogP contribution is 2.44. The molecule has 2 aromatic carbocycles. The molecule has 0 fully saturated rings. The van der Waals surface area contributed by atoms with Crippen molar-refractivity contribution in [1.29, 1.82) is 0 Å². The topological polar surface area (TPSA) is 123 Å². The lowest BCUT2D eigenvalue weighted by molar-refractivity contribution is -0.144. The van der Waals surface area contributed by atoms with Gasteiger partial charge in [0.1, 0.15) is 12.6 Å². The number of carboxylic acid groups (broad SMARTS) is 1. The Hall–Kier alpha value is -3.43. The van der Waals surface area contributed by atoms with Gasteiger partial charge >= 0.3 is 12.1 Å². The van der Waals surface area contributed by atoms with Crippen molar-refractivity contribution in [2.45, 2.75) is 31.0 Å². The summed E-state index contributed by atoms with van der Waals surface area (Å²) in [5.74, 6) is -2.11. The van der Waals surface area contributed by atoms with Crippen LogP contribution in [0.25, 0.3) is 11.1 Å². The quantitative estimate of drug-likeness (QED) is 0.501. The summed E-state index contributed by atoms with van der Waals surface area (Å²) in [6, 6.07) is 13.5. The summed E-state index contributed by atoms with van der Waals surface area (Å²) in [5.41, 5.74) is 4.33. The Kier molecular flexibility index (Phi) is 8.02. The second-order valence-corrected chi connectivity index (χ2v) is 7.74. The first kappa shape index (κ1) is 24.2. The number of benzene rings is 2. The van der Waals surface area contributed by atoms with Gasteiger partial charge in [0.2, 0.25) is 5.91 Å². The number of hydrogen-bond donors (Lipinski definition) is 3. The number of hydrogen-bond acceptors (Lipinski definition) is 6. The number of rotatable bonds is 10. The number of fused-ring (bicyclic) bond motifs is 3. The maximum absolute atomic E-state index is 12.7. The van der Waals surface area contributed by atoms with Crippen LogP contribution in [-0.4, -0.2) is 68.7 Å². The molecule has 2 aromatic rings. The van der Waals surface area contributed by atoms with Crippen molar-refractivity contribution < 1.29 is 33.7 Å². The van der Waals surface area contributed by atoms with Gasteiger partial charge in [-0.3, -0.25) is 4.79 Å². The molecule has 3 rings (SSSR count). The predicted octanol–water partition coefficient (Wildman–Crippen LogP) is 2.14. The van der Waals surface area contributed by atoms with Crippen molar-refractivity contribution in [2.24, 2.45) is 0 Å². The summed E-state index contributed by atoms with van der Waals surface area (Å²) in [5, 5.41) is 14.1. The Morgan fingerprint density at radius 2 is 1.55 bits per heavy atom. The minimum atomic E-state index is -1.27. The van der Waals surface area contributed by atoms with Gasteiger partial charge in [0, 0.05) is 20.1 Å². The molecule has 9 heteroatoms. The van der Waals surface area contributed by atoms with Gasteiger partial charge in [-0.15, -0.1) is 0 Å². The second-order valence-electron chi connectivity index (χ2n) is 7.74. The molecule has 0 unspecified atom stereocenters. The average Bonchev–Trinajstić information content (AvgIpc) is 3.14. The van der Waals surface area contributed by atoms with E-state index in [4.69, 9.17) is 14.2 Å². The van der Waals surface area contributed by atoms with Crippen LogP contribution >= 0.6 is 0 Å². The zero-order valence-electron chi connectivity index (χ0n) is 18.7. The number of carboxylic acids is 1. The first-order valence-corrected chi connectivity index (χ1v) is 10.5. The third-order valence-corrected chi connectivity index (χ3v) is 5.69. The molecule has 0 heterocycles. The van der Waals surface area contributed by atoms with E-state index in [9.17, 15) is 19.5 Å². The van der Waals surface area contributed by atoms with Gasteiger partial charge < -0.3 is 30.0 Å². The Bertz CT molecular complexity index is 964. The van der Waals surface area contributed by atoms with Gasteiger partial charge in [-0.1, -0.05) is 48.5 Å². The van der Waals surface area contributed by atoms with Crippen molar-refractivity contribution in [3.05, 3.63) is 59.7 Å². The lowest BCUT2D eigenvalue weighted by Gasteiger charge is -2.25. The van der Waals surface area contributed by atoms with Gasteiger partial charge in [0.25, 0.3) is 0 Å². The Labute approximate surface area is 192 Å². The van der Waals surface area contributed by atoms with Crippen molar-refractivity contribution in [3.8, 4) is 11.1 Å². The van der Waals surface area contributed by atoms with E-state index in [0.717, 1.165) is 22.3 Å². The molecule has 1 aliphatic rings. The van der Waals surface area contributed by atoms with Gasteiger partial charge in [-0.2, -0.15) is 0 Å². The van der Waals surface area contributed by atoms with Gasteiger partial charge in [0.05, 0.1) is 12.7 Å². The molecule has 9 nitrogen and oxygen atoms in total. The zero-order valence-corrected chi connectivity index (χ0v) is 18.7. The van der Waals surface area contributed by atoms with Crippen LogP contribution < -0.4 is 10.6 Å². The normalized spacial score (nSPS) is 15.0. The van der Waals surface area contributed by atoms with Gasteiger partial charge in [0.15, 0.2) is 6.04 Å². The standard InChI is InChI=1S/C24H28N2O7/c1-14(32-3)21(22(27)25-20(13-31-2)23(28)29)26-24(30)33-12-19-17-10-6-4-8-15(17)16-9-5-7-11-18(16)19/h4-11,14,19-21H,12-13H2,1-3H3,(H,25,27)(H,26,30)(H,28,29)/t14-,20+,21+/m1/s1. The number of carbonyl (C=O) groups excluding carboxylic acids is 2. The lowest BCUT2D eigenvalue weighted by atomic mass is 9.98. The third-order valence-electron chi connectivity index (χ3n) is 5.69. The monoisotopic (exact) mass is 456 g/mol. The molecule has 3 atom stereocenters. The smallest absolute Gasteiger partial charge is 0.407 e. The highest BCUT2D eigenvalue weighted by Gasteiger charge is 2.33. The molecule has 0 bridgehead atoms. The summed E-state index contributed by atoms with van der Waals surface area (Å²) in [7, 11) is 2.71. The highest BCUT2D eigenvalue weighted by molar-refractivity contribution is 5.89. The number of carbonyl (C=O) groups is 3. The Morgan fingerprint density at radius 1 is 0.970 bits per heavy atom. The molecule has 0 aliphatic heterocycles. The summed E-state index contributed by atoms with van der Waals surface area (Å²) in [6.45, 7) is 1.44. The molecular weight excluding hydrogens is 428 g/mol. The molecule has 0 spiro atoms. The van der Waals surface area contributed by atoms with Crippen LogP contribution in [0.1, 0.15) is 24.0 Å². The molecule has 176 valence electrons. The van der Waals surface area contributed by atoms with Crippen molar-refractivity contribution in [1.82, 2.24) is 10.6 Å². The van der Waals surface area contributed by atoms with E-state index >= 15 is 0 Å². The Balaban J connectivity index is 1.68. The number of methoxy groups -OCH3 is 2. The van der Waals surface area contributed by atoms with Crippen LogP contribution in [0.4, 0.5) is 4.79 Å². The minimum absolute atomic E-state index is 0.0803. The fourth-order valence-electron chi connectivity index (χ4n) is 3.90. The zero-order chi connectivity index (χ0) is 24.0. The van der Waals surface area contributed by atoms with Crippen molar-refractivity contribution in [3.63, 3.8) is 0 Å². The fraction of sp³-hybridized carbons (Fsp3) is 0.375. The largest absolute Gasteiger partial charge is 0.480 e. The molecule has 0 radical (unpaired) electrons. The molecule has 0 aromatic heterocycles. The van der Waals surface area contributed by atoms with Crippen LogP contribution in [0.2, 0.25) is 0 Å². The SMILES string of the molecule is COC[C@H](NC(=O)[C@@H](NC(=O)OCC1c2ccccc2-c2ccccc21)[C@@H](C)OC)C(=O)O. The summed E-state index contributed by atoms with van der Waals surface area (Å²) in [4.78, 5) is 36.6. The van der Waals surface area contributed by atoms with E-state index in [1.54, 1.807) is 6.92 Å². The summed E-state index contributed by atoms with van der Waals surface area (Å²) < 4.78 is 15.5. The minimum Gasteiger partial charge on any atom is -0.480 e. The van der Waals surface area contributed by atoms with Crippen LogP contribution in [0, 0.1) is 0 Å². The number of alkyl carbamates (subject to hydrolysis) is 1. The first-order valence-electron chi connectivity index (χ1n) is 10.5. The molecule has 33 heavy (non-hydrogen) atoms. The fourth-order valence-corrected chi connectivity index (χ4v) is 3.90. The van der Waals surface area contributed by atoms with Crippen molar-refractivity contribution >= 4 is 18.0 Å². The lowest BCUT2D eigenvalue weighted by Crippen LogP contribution is -2.57.